The van der Waals surface area contributed by atoms with Crippen LogP contribution >= 0.6 is 31.9 Å². The average molecular weight is 403 g/mol. The Labute approximate surface area is 133 Å². The van der Waals surface area contributed by atoms with Gasteiger partial charge in [0.2, 0.25) is 0 Å². The number of carbonyl (C=O) groups is 1. The smallest absolute Gasteiger partial charge is 0.375 e. The summed E-state index contributed by atoms with van der Waals surface area (Å²) in [4.78, 5) is 15.2. The van der Waals surface area contributed by atoms with Gasteiger partial charge in [-0.2, -0.15) is 0 Å². The number of carboxylic acid groups (broad SMARTS) is 1. The molecule has 0 radical (unpaired) electrons. The topological polar surface area (TPSA) is 68.0 Å². The fourth-order valence-electron chi connectivity index (χ4n) is 1.71. The van der Waals surface area contributed by atoms with Crippen molar-refractivity contribution in [1.82, 2.24) is 14.8 Å². The fraction of sp³-hybridized carbons (Fsp3) is 0.308. The van der Waals surface area contributed by atoms with Crippen LogP contribution in [0.2, 0.25) is 0 Å². The van der Waals surface area contributed by atoms with Crippen molar-refractivity contribution in [3.05, 3.63) is 38.8 Å². The zero-order chi connectivity index (χ0) is 15.1. The Balaban J connectivity index is 2.69. The van der Waals surface area contributed by atoms with Crippen LogP contribution in [0.4, 0.5) is 0 Å². The van der Waals surface area contributed by atoms with E-state index in [4.69, 9.17) is 5.11 Å². The van der Waals surface area contributed by atoms with Crippen molar-refractivity contribution in [3.8, 4) is 5.69 Å². The van der Waals surface area contributed by atoms with Crippen molar-refractivity contribution in [1.29, 1.82) is 0 Å². The van der Waals surface area contributed by atoms with Crippen LogP contribution in [0.15, 0.2) is 27.1 Å². The number of nitrogens with zero attached hydrogens (tertiary/aromatic N) is 3. The SMILES string of the molecule is CC(C)(C)c1nc(C(=O)O)nn1-c1ccc(Br)cc1Br. The highest BCUT2D eigenvalue weighted by molar-refractivity contribution is 9.11. The van der Waals surface area contributed by atoms with E-state index in [-0.39, 0.29) is 11.2 Å². The molecular weight excluding hydrogens is 390 g/mol. The number of benzene rings is 1. The van der Waals surface area contributed by atoms with Gasteiger partial charge in [0.15, 0.2) is 0 Å². The van der Waals surface area contributed by atoms with Crippen molar-refractivity contribution in [3.63, 3.8) is 0 Å². The molecular formula is C13H13Br2N3O2. The maximum absolute atomic E-state index is 11.1. The number of carboxylic acids is 1. The lowest BCUT2D eigenvalue weighted by molar-refractivity contribution is 0.0683. The van der Waals surface area contributed by atoms with E-state index in [0.29, 0.717) is 5.82 Å². The van der Waals surface area contributed by atoms with Gasteiger partial charge in [0.05, 0.1) is 5.69 Å². The highest BCUT2D eigenvalue weighted by Gasteiger charge is 2.26. The van der Waals surface area contributed by atoms with Gasteiger partial charge in [0.25, 0.3) is 5.82 Å². The van der Waals surface area contributed by atoms with E-state index < -0.39 is 5.97 Å². The molecule has 1 aromatic carbocycles. The Hall–Kier alpha value is -1.21. The molecule has 20 heavy (non-hydrogen) atoms. The van der Waals surface area contributed by atoms with E-state index in [0.717, 1.165) is 14.6 Å². The molecule has 0 saturated heterocycles. The van der Waals surface area contributed by atoms with Gasteiger partial charge < -0.3 is 5.11 Å². The summed E-state index contributed by atoms with van der Waals surface area (Å²) in [5.74, 6) is -0.745. The Bertz CT molecular complexity index is 675. The van der Waals surface area contributed by atoms with E-state index >= 15 is 0 Å². The van der Waals surface area contributed by atoms with E-state index in [1.165, 1.54) is 0 Å². The number of aromatic nitrogens is 3. The first kappa shape index (κ1) is 15.2. The minimum atomic E-state index is -1.14. The molecule has 0 aliphatic heterocycles. The molecule has 5 nitrogen and oxygen atoms in total. The maximum Gasteiger partial charge on any atom is 0.375 e. The van der Waals surface area contributed by atoms with Crippen LogP contribution in [0.5, 0.6) is 0 Å². The number of rotatable bonds is 2. The lowest BCUT2D eigenvalue weighted by atomic mass is 9.95. The van der Waals surface area contributed by atoms with Gasteiger partial charge in [0, 0.05) is 14.4 Å². The molecule has 0 saturated carbocycles. The monoisotopic (exact) mass is 401 g/mol. The van der Waals surface area contributed by atoms with Crippen LogP contribution in [0, 0.1) is 0 Å². The van der Waals surface area contributed by atoms with Gasteiger partial charge in [-0.1, -0.05) is 36.7 Å². The second-order valence-electron chi connectivity index (χ2n) is 5.32. The molecule has 0 amide bonds. The summed E-state index contributed by atoms with van der Waals surface area (Å²) in [5.41, 5.74) is 0.422. The molecule has 1 aromatic heterocycles. The van der Waals surface area contributed by atoms with Crippen LogP contribution in [0.25, 0.3) is 5.69 Å². The lowest BCUT2D eigenvalue weighted by Crippen LogP contribution is -2.19. The number of aromatic carboxylic acids is 1. The second kappa shape index (κ2) is 5.29. The van der Waals surface area contributed by atoms with Crippen LogP contribution in [-0.4, -0.2) is 25.8 Å². The summed E-state index contributed by atoms with van der Waals surface area (Å²) in [5, 5.41) is 13.2. The highest BCUT2D eigenvalue weighted by atomic mass is 79.9. The third-order valence-electron chi connectivity index (χ3n) is 2.61. The molecule has 0 aliphatic rings. The zero-order valence-corrected chi connectivity index (χ0v) is 14.4. The highest BCUT2D eigenvalue weighted by Crippen LogP contribution is 2.29. The predicted molar refractivity (Wildman–Crippen MR) is 82.4 cm³/mol. The molecule has 0 unspecified atom stereocenters. The Morgan fingerprint density at radius 1 is 1.30 bits per heavy atom. The molecule has 1 N–H and O–H groups in total. The van der Waals surface area contributed by atoms with Crippen molar-refractivity contribution < 1.29 is 9.90 Å². The Kier molecular flexibility index (Phi) is 4.02. The zero-order valence-electron chi connectivity index (χ0n) is 11.2. The first-order valence-electron chi connectivity index (χ1n) is 5.86. The van der Waals surface area contributed by atoms with Crippen molar-refractivity contribution in [2.45, 2.75) is 26.2 Å². The Morgan fingerprint density at radius 2 is 1.95 bits per heavy atom. The van der Waals surface area contributed by atoms with Gasteiger partial charge in [-0.25, -0.2) is 14.5 Å². The summed E-state index contributed by atoms with van der Waals surface area (Å²) in [6.07, 6.45) is 0. The summed E-state index contributed by atoms with van der Waals surface area (Å²) in [6, 6.07) is 5.60. The summed E-state index contributed by atoms with van der Waals surface area (Å²) >= 11 is 6.85. The summed E-state index contributed by atoms with van der Waals surface area (Å²) < 4.78 is 3.29. The van der Waals surface area contributed by atoms with E-state index in [2.05, 4.69) is 41.9 Å². The minimum Gasteiger partial charge on any atom is -0.475 e. The average Bonchev–Trinajstić information content (AvgIpc) is 2.73. The second-order valence-corrected chi connectivity index (χ2v) is 7.09. The van der Waals surface area contributed by atoms with Crippen LogP contribution in [0.1, 0.15) is 37.2 Å². The lowest BCUT2D eigenvalue weighted by Gasteiger charge is -2.18. The molecule has 1 heterocycles. The molecule has 0 spiro atoms. The van der Waals surface area contributed by atoms with E-state index in [1.807, 2.05) is 39.0 Å². The first-order valence-corrected chi connectivity index (χ1v) is 7.45. The van der Waals surface area contributed by atoms with Gasteiger partial charge in [-0.15, -0.1) is 5.10 Å². The summed E-state index contributed by atoms with van der Waals surface area (Å²) in [7, 11) is 0. The van der Waals surface area contributed by atoms with E-state index in [9.17, 15) is 4.79 Å². The van der Waals surface area contributed by atoms with Gasteiger partial charge in [-0.3, -0.25) is 0 Å². The first-order chi connectivity index (χ1) is 9.20. The van der Waals surface area contributed by atoms with Crippen LogP contribution < -0.4 is 0 Å². The number of hydrogen-bond donors (Lipinski definition) is 1. The summed E-state index contributed by atoms with van der Waals surface area (Å²) in [6.45, 7) is 5.89. The van der Waals surface area contributed by atoms with Gasteiger partial charge >= 0.3 is 5.97 Å². The van der Waals surface area contributed by atoms with Crippen LogP contribution in [0.3, 0.4) is 0 Å². The molecule has 0 atom stereocenters. The normalized spacial score (nSPS) is 11.7. The standard InChI is InChI=1S/C13H13Br2N3O2/c1-13(2,3)12-16-10(11(19)20)17-18(12)9-5-4-7(14)6-8(9)15/h4-6H,1-3H3,(H,19,20). The number of halogens is 2. The fourth-order valence-corrected chi connectivity index (χ4v) is 2.92. The predicted octanol–water partition coefficient (Wildman–Crippen LogP) is 3.79. The van der Waals surface area contributed by atoms with Crippen molar-refractivity contribution in [2.75, 3.05) is 0 Å². The number of hydrogen-bond acceptors (Lipinski definition) is 3. The van der Waals surface area contributed by atoms with E-state index in [1.54, 1.807) is 4.68 Å². The van der Waals surface area contributed by atoms with Crippen molar-refractivity contribution in [2.24, 2.45) is 0 Å². The van der Waals surface area contributed by atoms with Crippen molar-refractivity contribution >= 4 is 37.8 Å². The largest absolute Gasteiger partial charge is 0.475 e. The molecule has 0 fully saturated rings. The van der Waals surface area contributed by atoms with Gasteiger partial charge in [0.1, 0.15) is 5.82 Å². The molecule has 0 bridgehead atoms. The minimum absolute atomic E-state index is 0.204. The Morgan fingerprint density at radius 3 is 2.45 bits per heavy atom. The molecule has 0 aliphatic carbocycles. The molecule has 2 aromatic rings. The molecule has 2 rings (SSSR count). The molecule has 7 heteroatoms. The van der Waals surface area contributed by atoms with Gasteiger partial charge in [-0.05, 0) is 34.1 Å². The third-order valence-corrected chi connectivity index (χ3v) is 3.74. The molecule has 106 valence electrons. The third kappa shape index (κ3) is 2.93. The van der Waals surface area contributed by atoms with Crippen LogP contribution in [-0.2, 0) is 5.41 Å². The quantitative estimate of drug-likeness (QED) is 0.829. The maximum atomic E-state index is 11.1.